The van der Waals surface area contributed by atoms with Gasteiger partial charge in [-0.3, -0.25) is 9.59 Å². The first-order valence-corrected chi connectivity index (χ1v) is 11.1. The molecule has 0 atom stereocenters. The number of nitrogens with zero attached hydrogens (tertiary/aromatic N) is 2. The van der Waals surface area contributed by atoms with Crippen LogP contribution in [0.5, 0.6) is 0 Å². The summed E-state index contributed by atoms with van der Waals surface area (Å²) in [5.74, 6) is 0.613. The van der Waals surface area contributed by atoms with Crippen LogP contribution in [0.25, 0.3) is 6.08 Å². The summed E-state index contributed by atoms with van der Waals surface area (Å²) >= 11 is 0. The molecule has 0 saturated carbocycles. The van der Waals surface area contributed by atoms with E-state index < -0.39 is 0 Å². The minimum Gasteiger partial charge on any atom is -0.368 e. The summed E-state index contributed by atoms with van der Waals surface area (Å²) in [6.45, 7) is 11.4. The second-order valence-electron chi connectivity index (χ2n) is 8.66. The normalized spacial score (nSPS) is 14.5. The van der Waals surface area contributed by atoms with Gasteiger partial charge in [0.15, 0.2) is 0 Å². The Bertz CT molecular complexity index is 907. The third kappa shape index (κ3) is 6.20. The molecule has 5 heteroatoms. The monoisotopic (exact) mass is 419 g/mol. The average Bonchev–Trinajstić information content (AvgIpc) is 2.78. The molecule has 2 aromatic carbocycles. The van der Waals surface area contributed by atoms with Crippen LogP contribution in [0.2, 0.25) is 0 Å². The third-order valence-corrected chi connectivity index (χ3v) is 5.62. The van der Waals surface area contributed by atoms with E-state index in [0.717, 1.165) is 43.1 Å². The molecule has 1 saturated heterocycles. The molecule has 164 valence electrons. The Balaban J connectivity index is 1.51. The number of hydrogen-bond donors (Lipinski definition) is 1. The molecule has 0 spiro atoms. The van der Waals surface area contributed by atoms with Crippen molar-refractivity contribution in [1.29, 1.82) is 0 Å². The summed E-state index contributed by atoms with van der Waals surface area (Å²) in [5.41, 5.74) is 4.16. The number of anilines is 2. The molecule has 1 heterocycles. The zero-order valence-corrected chi connectivity index (χ0v) is 19.0. The Hall–Kier alpha value is -3.08. The number of benzene rings is 2. The van der Waals surface area contributed by atoms with E-state index in [1.54, 1.807) is 6.08 Å². The lowest BCUT2D eigenvalue weighted by atomic mass is 10.0. The Morgan fingerprint density at radius 2 is 1.48 bits per heavy atom. The van der Waals surface area contributed by atoms with Crippen molar-refractivity contribution in [2.75, 3.05) is 36.4 Å². The molecule has 0 radical (unpaired) electrons. The summed E-state index contributed by atoms with van der Waals surface area (Å²) in [5, 5.41) is 2.91. The van der Waals surface area contributed by atoms with Gasteiger partial charge in [-0.2, -0.15) is 0 Å². The summed E-state index contributed by atoms with van der Waals surface area (Å²) in [6, 6.07) is 16.1. The molecule has 2 amide bonds. The van der Waals surface area contributed by atoms with Gasteiger partial charge < -0.3 is 15.1 Å². The Labute approximate surface area is 185 Å². The number of amides is 2. The van der Waals surface area contributed by atoms with Crippen LogP contribution in [0, 0.1) is 5.92 Å². The molecule has 0 aliphatic carbocycles. The van der Waals surface area contributed by atoms with Crippen LogP contribution in [0.1, 0.15) is 44.7 Å². The highest BCUT2D eigenvalue weighted by atomic mass is 16.2. The van der Waals surface area contributed by atoms with Gasteiger partial charge in [-0.1, -0.05) is 52.0 Å². The largest absolute Gasteiger partial charge is 0.368 e. The Kier molecular flexibility index (Phi) is 7.50. The zero-order chi connectivity index (χ0) is 22.4. The molecule has 5 nitrogen and oxygen atoms in total. The Morgan fingerprint density at radius 1 is 0.871 bits per heavy atom. The molecule has 2 aromatic rings. The molecule has 0 bridgehead atoms. The van der Waals surface area contributed by atoms with Gasteiger partial charge in [-0.05, 0) is 47.4 Å². The van der Waals surface area contributed by atoms with E-state index in [0.29, 0.717) is 5.92 Å². The first-order chi connectivity index (χ1) is 14.8. The second kappa shape index (κ2) is 10.3. The molecule has 3 rings (SSSR count). The molecule has 1 aliphatic rings. The maximum Gasteiger partial charge on any atom is 0.248 e. The van der Waals surface area contributed by atoms with E-state index in [-0.39, 0.29) is 17.7 Å². The standard InChI is InChI=1S/C26H33N3O2/c1-19(2)22-8-5-21(6-9-22)7-14-25(30)27-23-10-12-24(13-11-23)28-15-17-29(18-16-28)26(31)20(3)4/h5-14,19-20H,15-18H2,1-4H3,(H,27,30)/b14-7+. The average molecular weight is 420 g/mol. The first kappa shape index (κ1) is 22.6. The molecular weight excluding hydrogens is 386 g/mol. The Morgan fingerprint density at radius 3 is 2.03 bits per heavy atom. The molecular formula is C26H33N3O2. The second-order valence-corrected chi connectivity index (χ2v) is 8.66. The summed E-state index contributed by atoms with van der Waals surface area (Å²) in [6.07, 6.45) is 3.38. The molecule has 0 unspecified atom stereocenters. The molecule has 1 fully saturated rings. The number of carbonyl (C=O) groups excluding carboxylic acids is 2. The molecule has 0 aromatic heterocycles. The smallest absolute Gasteiger partial charge is 0.248 e. The van der Waals surface area contributed by atoms with Crippen LogP contribution in [0.15, 0.2) is 54.6 Å². The first-order valence-electron chi connectivity index (χ1n) is 11.1. The summed E-state index contributed by atoms with van der Waals surface area (Å²) in [7, 11) is 0. The number of rotatable bonds is 6. The lowest BCUT2D eigenvalue weighted by Crippen LogP contribution is -2.49. The lowest BCUT2D eigenvalue weighted by Gasteiger charge is -2.37. The fraction of sp³-hybridized carbons (Fsp3) is 0.385. The van der Waals surface area contributed by atoms with Crippen molar-refractivity contribution in [1.82, 2.24) is 4.90 Å². The van der Waals surface area contributed by atoms with Crippen LogP contribution < -0.4 is 10.2 Å². The number of piperazine rings is 1. The minimum atomic E-state index is -0.151. The predicted octanol–water partition coefficient (Wildman–Crippen LogP) is 4.77. The maximum absolute atomic E-state index is 12.3. The maximum atomic E-state index is 12.3. The number of hydrogen-bond acceptors (Lipinski definition) is 3. The highest BCUT2D eigenvalue weighted by molar-refractivity contribution is 6.02. The molecule has 31 heavy (non-hydrogen) atoms. The predicted molar refractivity (Wildman–Crippen MR) is 128 cm³/mol. The van der Waals surface area contributed by atoms with Crippen molar-refractivity contribution >= 4 is 29.3 Å². The van der Waals surface area contributed by atoms with E-state index >= 15 is 0 Å². The van der Waals surface area contributed by atoms with Crippen LogP contribution in [-0.2, 0) is 9.59 Å². The van der Waals surface area contributed by atoms with Gasteiger partial charge in [-0.25, -0.2) is 0 Å². The fourth-order valence-corrected chi connectivity index (χ4v) is 3.65. The highest BCUT2D eigenvalue weighted by Crippen LogP contribution is 2.20. The third-order valence-electron chi connectivity index (χ3n) is 5.62. The van der Waals surface area contributed by atoms with E-state index in [9.17, 15) is 9.59 Å². The van der Waals surface area contributed by atoms with E-state index in [1.165, 1.54) is 5.56 Å². The van der Waals surface area contributed by atoms with Crippen molar-refractivity contribution in [3.8, 4) is 0 Å². The topological polar surface area (TPSA) is 52.7 Å². The van der Waals surface area contributed by atoms with Gasteiger partial charge in [-0.15, -0.1) is 0 Å². The van der Waals surface area contributed by atoms with E-state index in [2.05, 4.69) is 36.2 Å². The van der Waals surface area contributed by atoms with Crippen molar-refractivity contribution in [2.45, 2.75) is 33.6 Å². The SMILES string of the molecule is CC(C)C(=O)N1CCN(c2ccc(NC(=O)/C=C/c3ccc(C(C)C)cc3)cc2)CC1. The van der Waals surface area contributed by atoms with E-state index in [4.69, 9.17) is 0 Å². The van der Waals surface area contributed by atoms with Crippen LogP contribution in [-0.4, -0.2) is 42.9 Å². The van der Waals surface area contributed by atoms with Gasteiger partial charge in [0.1, 0.15) is 0 Å². The number of carbonyl (C=O) groups is 2. The van der Waals surface area contributed by atoms with Crippen molar-refractivity contribution < 1.29 is 9.59 Å². The van der Waals surface area contributed by atoms with Crippen molar-refractivity contribution in [3.63, 3.8) is 0 Å². The van der Waals surface area contributed by atoms with Crippen molar-refractivity contribution in [2.24, 2.45) is 5.92 Å². The van der Waals surface area contributed by atoms with Gasteiger partial charge in [0, 0.05) is 49.5 Å². The summed E-state index contributed by atoms with van der Waals surface area (Å²) in [4.78, 5) is 28.6. The molecule has 1 N–H and O–H groups in total. The lowest BCUT2D eigenvalue weighted by molar-refractivity contribution is -0.134. The minimum absolute atomic E-state index is 0.0443. The zero-order valence-electron chi connectivity index (χ0n) is 19.0. The highest BCUT2D eigenvalue weighted by Gasteiger charge is 2.22. The quantitative estimate of drug-likeness (QED) is 0.687. The van der Waals surface area contributed by atoms with Crippen LogP contribution in [0.4, 0.5) is 11.4 Å². The van der Waals surface area contributed by atoms with Crippen LogP contribution >= 0.6 is 0 Å². The van der Waals surface area contributed by atoms with Gasteiger partial charge in [0.2, 0.25) is 11.8 Å². The number of nitrogens with one attached hydrogen (secondary N) is 1. The summed E-state index contributed by atoms with van der Waals surface area (Å²) < 4.78 is 0. The van der Waals surface area contributed by atoms with Gasteiger partial charge in [0.05, 0.1) is 0 Å². The fourth-order valence-electron chi connectivity index (χ4n) is 3.65. The van der Waals surface area contributed by atoms with Crippen LogP contribution in [0.3, 0.4) is 0 Å². The van der Waals surface area contributed by atoms with Gasteiger partial charge >= 0.3 is 0 Å². The van der Waals surface area contributed by atoms with Crippen molar-refractivity contribution in [3.05, 3.63) is 65.7 Å². The van der Waals surface area contributed by atoms with Gasteiger partial charge in [0.25, 0.3) is 0 Å². The van der Waals surface area contributed by atoms with E-state index in [1.807, 2.05) is 61.2 Å². The molecule has 1 aliphatic heterocycles.